The second-order valence-corrected chi connectivity index (χ2v) is 5.55. The minimum Gasteiger partial charge on any atom is -0.0914 e. The van der Waals surface area contributed by atoms with Gasteiger partial charge in [0.25, 0.3) is 0 Å². The summed E-state index contributed by atoms with van der Waals surface area (Å²) in [6.07, 6.45) is 10.1. The van der Waals surface area contributed by atoms with Gasteiger partial charge in [-0.1, -0.05) is 49.4 Å². The lowest BCUT2D eigenvalue weighted by atomic mass is 9.90. The summed E-state index contributed by atoms with van der Waals surface area (Å²) in [6, 6.07) is 10.9. The number of hydrogen-bond acceptors (Lipinski definition) is 0. The molecule has 0 N–H and O–H groups in total. The van der Waals surface area contributed by atoms with E-state index in [1.807, 2.05) is 0 Å². The van der Waals surface area contributed by atoms with Gasteiger partial charge < -0.3 is 0 Å². The average Bonchev–Trinajstić information content (AvgIpc) is 2.69. The van der Waals surface area contributed by atoms with Crippen molar-refractivity contribution in [3.05, 3.63) is 48.0 Å². The lowest BCUT2D eigenvalue weighted by Gasteiger charge is -2.15. The summed E-state index contributed by atoms with van der Waals surface area (Å²) in [5, 5.41) is 0. The summed E-state index contributed by atoms with van der Waals surface area (Å²) in [7, 11) is 0. The SMILES string of the molecule is C/C=C\C1CC(C)CC1CCc1ccccc1. The minimum atomic E-state index is 0.832. The van der Waals surface area contributed by atoms with Crippen LogP contribution in [-0.2, 0) is 6.42 Å². The molecule has 0 aliphatic heterocycles. The minimum absolute atomic E-state index is 0.832. The van der Waals surface area contributed by atoms with Gasteiger partial charge in [0.1, 0.15) is 0 Å². The van der Waals surface area contributed by atoms with E-state index >= 15 is 0 Å². The maximum Gasteiger partial charge on any atom is -0.0202 e. The molecule has 0 saturated heterocycles. The van der Waals surface area contributed by atoms with Crippen molar-refractivity contribution >= 4 is 0 Å². The Hall–Kier alpha value is -1.04. The van der Waals surface area contributed by atoms with Crippen molar-refractivity contribution in [2.45, 2.75) is 39.5 Å². The van der Waals surface area contributed by atoms with E-state index in [1.165, 1.54) is 31.2 Å². The predicted octanol–water partition coefficient (Wildman–Crippen LogP) is 4.86. The Morgan fingerprint density at radius 1 is 1.18 bits per heavy atom. The summed E-state index contributed by atoms with van der Waals surface area (Å²) in [4.78, 5) is 0. The molecule has 0 aromatic heterocycles. The standard InChI is InChI=1S/C17H24/c1-3-7-16-12-14(2)13-17(16)11-10-15-8-5-4-6-9-15/h3-9,14,16-17H,10-13H2,1-2H3/b7-3-. The third-order valence-electron chi connectivity index (χ3n) is 4.07. The van der Waals surface area contributed by atoms with Crippen molar-refractivity contribution < 1.29 is 0 Å². The second kappa shape index (κ2) is 6.05. The van der Waals surface area contributed by atoms with Crippen LogP contribution in [0.1, 0.15) is 38.7 Å². The highest BCUT2D eigenvalue weighted by Crippen LogP contribution is 2.39. The second-order valence-electron chi connectivity index (χ2n) is 5.55. The Labute approximate surface area is 106 Å². The van der Waals surface area contributed by atoms with Crippen molar-refractivity contribution in [2.75, 3.05) is 0 Å². The molecule has 0 bridgehead atoms. The van der Waals surface area contributed by atoms with Crippen LogP contribution in [0.2, 0.25) is 0 Å². The van der Waals surface area contributed by atoms with Crippen LogP contribution >= 0.6 is 0 Å². The highest BCUT2D eigenvalue weighted by molar-refractivity contribution is 5.15. The van der Waals surface area contributed by atoms with E-state index in [4.69, 9.17) is 0 Å². The molecular formula is C17H24. The molecule has 92 valence electrons. The quantitative estimate of drug-likeness (QED) is 0.646. The molecule has 0 radical (unpaired) electrons. The Morgan fingerprint density at radius 2 is 1.94 bits per heavy atom. The van der Waals surface area contributed by atoms with E-state index in [0.717, 1.165) is 17.8 Å². The maximum absolute atomic E-state index is 2.43. The fourth-order valence-corrected chi connectivity index (χ4v) is 3.26. The van der Waals surface area contributed by atoms with Crippen LogP contribution in [0, 0.1) is 17.8 Å². The molecule has 1 aromatic rings. The molecule has 0 heterocycles. The van der Waals surface area contributed by atoms with Gasteiger partial charge in [-0.3, -0.25) is 0 Å². The molecule has 3 unspecified atom stereocenters. The number of rotatable bonds is 4. The molecule has 0 spiro atoms. The van der Waals surface area contributed by atoms with Gasteiger partial charge in [0.15, 0.2) is 0 Å². The molecule has 3 atom stereocenters. The molecule has 1 aliphatic rings. The van der Waals surface area contributed by atoms with E-state index in [2.05, 4.69) is 56.3 Å². The van der Waals surface area contributed by atoms with E-state index in [0.29, 0.717) is 0 Å². The Balaban J connectivity index is 1.90. The van der Waals surface area contributed by atoms with Crippen molar-refractivity contribution in [1.29, 1.82) is 0 Å². The predicted molar refractivity (Wildman–Crippen MR) is 75.0 cm³/mol. The van der Waals surface area contributed by atoms with Gasteiger partial charge in [0, 0.05) is 0 Å². The third kappa shape index (κ3) is 3.46. The van der Waals surface area contributed by atoms with E-state index in [-0.39, 0.29) is 0 Å². The fraction of sp³-hybridized carbons (Fsp3) is 0.529. The number of aryl methyl sites for hydroxylation is 1. The van der Waals surface area contributed by atoms with Crippen LogP contribution in [-0.4, -0.2) is 0 Å². The lowest BCUT2D eigenvalue weighted by molar-refractivity contribution is 0.423. The van der Waals surface area contributed by atoms with Gasteiger partial charge in [-0.15, -0.1) is 0 Å². The zero-order valence-corrected chi connectivity index (χ0v) is 11.1. The van der Waals surface area contributed by atoms with Crippen LogP contribution in [0.15, 0.2) is 42.5 Å². The lowest BCUT2D eigenvalue weighted by Crippen LogP contribution is -2.06. The summed E-state index contributed by atoms with van der Waals surface area (Å²) in [6.45, 7) is 4.55. The Morgan fingerprint density at radius 3 is 2.65 bits per heavy atom. The largest absolute Gasteiger partial charge is 0.0914 e. The average molecular weight is 228 g/mol. The molecular weight excluding hydrogens is 204 g/mol. The van der Waals surface area contributed by atoms with Gasteiger partial charge >= 0.3 is 0 Å². The molecule has 1 aliphatic carbocycles. The highest BCUT2D eigenvalue weighted by atomic mass is 14.3. The first kappa shape index (κ1) is 12.4. The summed E-state index contributed by atoms with van der Waals surface area (Å²) in [5.74, 6) is 2.65. The number of allylic oxidation sites excluding steroid dienone is 2. The Bertz CT molecular complexity index is 350. The molecule has 0 amide bonds. The highest BCUT2D eigenvalue weighted by Gasteiger charge is 2.29. The van der Waals surface area contributed by atoms with E-state index < -0.39 is 0 Å². The smallest absolute Gasteiger partial charge is 0.0202 e. The molecule has 2 rings (SSSR count). The summed E-state index contributed by atoms with van der Waals surface area (Å²) < 4.78 is 0. The zero-order chi connectivity index (χ0) is 12.1. The van der Waals surface area contributed by atoms with Gasteiger partial charge in [-0.05, 0) is 55.9 Å². The molecule has 17 heavy (non-hydrogen) atoms. The maximum atomic E-state index is 2.43. The van der Waals surface area contributed by atoms with Crippen molar-refractivity contribution in [3.63, 3.8) is 0 Å². The van der Waals surface area contributed by atoms with Crippen molar-refractivity contribution in [1.82, 2.24) is 0 Å². The Kier molecular flexibility index (Phi) is 4.42. The van der Waals surface area contributed by atoms with Gasteiger partial charge in [0.05, 0.1) is 0 Å². The number of hydrogen-bond donors (Lipinski definition) is 0. The third-order valence-corrected chi connectivity index (χ3v) is 4.07. The molecule has 0 nitrogen and oxygen atoms in total. The van der Waals surface area contributed by atoms with Gasteiger partial charge in [0.2, 0.25) is 0 Å². The van der Waals surface area contributed by atoms with Crippen LogP contribution in [0.5, 0.6) is 0 Å². The molecule has 1 fully saturated rings. The van der Waals surface area contributed by atoms with Gasteiger partial charge in [-0.25, -0.2) is 0 Å². The van der Waals surface area contributed by atoms with E-state index in [9.17, 15) is 0 Å². The first-order chi connectivity index (χ1) is 8.29. The summed E-state index contributed by atoms with van der Waals surface area (Å²) >= 11 is 0. The first-order valence-electron chi connectivity index (χ1n) is 6.96. The van der Waals surface area contributed by atoms with Crippen LogP contribution in [0.25, 0.3) is 0 Å². The first-order valence-corrected chi connectivity index (χ1v) is 6.96. The van der Waals surface area contributed by atoms with Crippen LogP contribution in [0.3, 0.4) is 0 Å². The zero-order valence-electron chi connectivity index (χ0n) is 11.1. The van der Waals surface area contributed by atoms with Gasteiger partial charge in [-0.2, -0.15) is 0 Å². The van der Waals surface area contributed by atoms with Crippen LogP contribution in [0.4, 0.5) is 0 Å². The molecule has 1 aromatic carbocycles. The molecule has 1 saturated carbocycles. The van der Waals surface area contributed by atoms with E-state index in [1.54, 1.807) is 0 Å². The van der Waals surface area contributed by atoms with Crippen molar-refractivity contribution in [2.24, 2.45) is 17.8 Å². The van der Waals surface area contributed by atoms with Crippen LogP contribution < -0.4 is 0 Å². The monoisotopic (exact) mass is 228 g/mol. The normalized spacial score (nSPS) is 28.9. The molecule has 0 heteroatoms. The van der Waals surface area contributed by atoms with Crippen molar-refractivity contribution in [3.8, 4) is 0 Å². The topological polar surface area (TPSA) is 0 Å². The number of benzene rings is 1. The summed E-state index contributed by atoms with van der Waals surface area (Å²) in [5.41, 5.74) is 1.49. The fourth-order valence-electron chi connectivity index (χ4n) is 3.26.